The number of aliphatic hydroxyl groups excluding tert-OH is 1. The van der Waals surface area contributed by atoms with E-state index in [2.05, 4.69) is 88.5 Å². The average molecular weight is 1400 g/mol. The average Bonchev–Trinajstić information content (AvgIpc) is 1.14. The van der Waals surface area contributed by atoms with Crippen LogP contribution in [0.3, 0.4) is 0 Å². The summed E-state index contributed by atoms with van der Waals surface area (Å²) in [6, 6.07) is 0. The van der Waals surface area contributed by atoms with Crippen LogP contribution in [-0.2, 0) is 65.4 Å². The zero-order chi connectivity index (χ0) is 70.4. The molecule has 0 bridgehead atoms. The van der Waals surface area contributed by atoms with Crippen LogP contribution in [0, 0.1) is 0 Å². The maximum Gasteiger partial charge on any atom is 0.472 e. The van der Waals surface area contributed by atoms with Crippen LogP contribution in [0.25, 0.3) is 0 Å². The van der Waals surface area contributed by atoms with Gasteiger partial charge in [0.15, 0.2) is 12.2 Å². The number of aliphatic hydroxyl groups is 1. The number of unbranched alkanes of at least 4 members (excludes halogenated alkanes) is 32. The molecular weight excluding hydrogens is 1260 g/mol. The van der Waals surface area contributed by atoms with Gasteiger partial charge in [-0.1, -0.05) is 280 Å². The van der Waals surface area contributed by atoms with Crippen molar-refractivity contribution in [3.8, 4) is 0 Å². The number of phosphoric acid groups is 2. The first-order valence-corrected chi connectivity index (χ1v) is 40.8. The highest BCUT2D eigenvalue weighted by molar-refractivity contribution is 7.47. The molecule has 0 spiro atoms. The standard InChI is InChI=1S/C77H136O17P2/c1-5-9-13-17-21-25-29-33-35-39-41-45-49-53-57-61-74(79)87-67-72(93-76(81)63-59-55-51-47-43-37-31-27-23-19-15-11-7-3)69-91-95(83,84)89-65-71(78)66-90-96(85,86)92-70-73(94-77(82)64-60-56-52-48-44-38-32-28-24-20-16-12-8-4)68-88-75(80)62-58-54-50-46-42-40-36-34-30-26-22-18-14-10-6-2/h9,13,21,25,27,31,33-36,41,45,53,57,71-73,78H,5-8,10-12,14-20,22-24,26,28-30,32,37-40,42-44,46-52,54-56,58-70H2,1-4H3,(H,83,84)(H,85,86)/b13-9-,25-21-,31-27-,35-33-,36-34-,45-41-,57-53-. The Labute approximate surface area is 583 Å². The van der Waals surface area contributed by atoms with Gasteiger partial charge in [0.2, 0.25) is 0 Å². The van der Waals surface area contributed by atoms with Crippen LogP contribution in [0.2, 0.25) is 0 Å². The SMILES string of the molecule is CC/C=C\C/C=C\C/C=C\C/C=C\C/C=C\CC(=O)OCC(COP(=O)(O)OCC(O)COP(=O)(O)OCC(COC(=O)CCCCCCC/C=C\CCCCCCCC)OC(=O)CCCCCCCCCCCCCCC)OC(=O)CCCCCCC/C=C\CCCCCC. The van der Waals surface area contributed by atoms with Crippen LogP contribution in [0.15, 0.2) is 85.1 Å². The summed E-state index contributed by atoms with van der Waals surface area (Å²) in [5.41, 5.74) is 0. The minimum Gasteiger partial charge on any atom is -0.462 e. The van der Waals surface area contributed by atoms with E-state index in [-0.39, 0.29) is 25.7 Å². The molecule has 0 rings (SSSR count). The fourth-order valence-electron chi connectivity index (χ4n) is 10.1. The van der Waals surface area contributed by atoms with Gasteiger partial charge in [0.1, 0.15) is 19.3 Å². The van der Waals surface area contributed by atoms with Crippen LogP contribution in [0.1, 0.15) is 323 Å². The second kappa shape index (κ2) is 69.7. The van der Waals surface area contributed by atoms with Crippen molar-refractivity contribution in [1.82, 2.24) is 0 Å². The van der Waals surface area contributed by atoms with Gasteiger partial charge >= 0.3 is 39.5 Å². The molecule has 0 amide bonds. The van der Waals surface area contributed by atoms with Crippen molar-refractivity contribution in [3.05, 3.63) is 85.1 Å². The zero-order valence-electron chi connectivity index (χ0n) is 60.5. The molecule has 17 nitrogen and oxygen atoms in total. The van der Waals surface area contributed by atoms with E-state index in [1.807, 2.05) is 18.2 Å². The summed E-state index contributed by atoms with van der Waals surface area (Å²) < 4.78 is 68.3. The van der Waals surface area contributed by atoms with E-state index >= 15 is 0 Å². The van der Waals surface area contributed by atoms with Crippen molar-refractivity contribution in [1.29, 1.82) is 0 Å². The van der Waals surface area contributed by atoms with E-state index in [9.17, 15) is 43.2 Å². The van der Waals surface area contributed by atoms with Crippen molar-refractivity contribution >= 4 is 39.5 Å². The Morgan fingerprint density at radius 3 is 0.927 bits per heavy atom. The lowest BCUT2D eigenvalue weighted by molar-refractivity contribution is -0.161. The molecule has 556 valence electrons. The smallest absolute Gasteiger partial charge is 0.462 e. The summed E-state index contributed by atoms with van der Waals surface area (Å²) in [6.45, 7) is 4.63. The molecule has 0 aliphatic carbocycles. The first kappa shape index (κ1) is 92.2. The Morgan fingerprint density at radius 2 is 0.583 bits per heavy atom. The van der Waals surface area contributed by atoms with Crippen LogP contribution in [-0.4, -0.2) is 96.7 Å². The molecule has 5 unspecified atom stereocenters. The Balaban J connectivity index is 5.39. The molecule has 5 atom stereocenters. The maximum atomic E-state index is 13.1. The normalized spacial score (nSPS) is 14.4. The van der Waals surface area contributed by atoms with Gasteiger partial charge < -0.3 is 33.8 Å². The predicted octanol–water partition coefficient (Wildman–Crippen LogP) is 21.4. The summed E-state index contributed by atoms with van der Waals surface area (Å²) >= 11 is 0. The molecule has 0 aromatic carbocycles. The quantitative estimate of drug-likeness (QED) is 0.0169. The fraction of sp³-hybridized carbons (Fsp3) is 0.766. The molecule has 0 saturated heterocycles. The largest absolute Gasteiger partial charge is 0.472 e. The topological polar surface area (TPSA) is 237 Å². The van der Waals surface area contributed by atoms with Crippen LogP contribution >= 0.6 is 15.6 Å². The summed E-state index contributed by atoms with van der Waals surface area (Å²) in [5.74, 6) is -2.32. The highest BCUT2D eigenvalue weighted by atomic mass is 31.2. The molecule has 0 aromatic heterocycles. The third-order valence-corrected chi connectivity index (χ3v) is 17.8. The monoisotopic (exact) mass is 1390 g/mol. The van der Waals surface area contributed by atoms with Gasteiger partial charge in [0.05, 0.1) is 32.8 Å². The van der Waals surface area contributed by atoms with E-state index in [0.717, 1.165) is 128 Å². The summed E-state index contributed by atoms with van der Waals surface area (Å²) in [6.07, 6.45) is 70.4. The Morgan fingerprint density at radius 1 is 0.312 bits per heavy atom. The van der Waals surface area contributed by atoms with Gasteiger partial charge in [-0.05, 0) is 103 Å². The number of rotatable bonds is 71. The molecule has 19 heteroatoms. The van der Waals surface area contributed by atoms with E-state index in [4.69, 9.17) is 37.0 Å². The minimum absolute atomic E-state index is 0.0666. The van der Waals surface area contributed by atoms with Crippen molar-refractivity contribution in [2.45, 2.75) is 341 Å². The lowest BCUT2D eigenvalue weighted by atomic mass is 10.0. The molecule has 0 aliphatic rings. The molecule has 0 radical (unpaired) electrons. The van der Waals surface area contributed by atoms with Crippen molar-refractivity contribution < 1.29 is 80.2 Å². The zero-order valence-corrected chi connectivity index (χ0v) is 62.3. The Kier molecular flexibility index (Phi) is 67.0. The number of hydrogen-bond donors (Lipinski definition) is 3. The Hall–Kier alpha value is -3.76. The first-order chi connectivity index (χ1) is 46.7. The summed E-state index contributed by atoms with van der Waals surface area (Å²) in [7, 11) is -9.96. The Bertz CT molecular complexity index is 2160. The van der Waals surface area contributed by atoms with Gasteiger partial charge in [0.25, 0.3) is 0 Å². The summed E-state index contributed by atoms with van der Waals surface area (Å²) in [5, 5.41) is 10.6. The van der Waals surface area contributed by atoms with Crippen molar-refractivity contribution in [2.24, 2.45) is 0 Å². The number of phosphoric ester groups is 2. The molecule has 0 aliphatic heterocycles. The maximum absolute atomic E-state index is 13.1. The van der Waals surface area contributed by atoms with Crippen LogP contribution in [0.4, 0.5) is 0 Å². The molecule has 0 saturated carbocycles. The highest BCUT2D eigenvalue weighted by Gasteiger charge is 2.30. The highest BCUT2D eigenvalue weighted by Crippen LogP contribution is 2.45. The number of hydrogen-bond acceptors (Lipinski definition) is 15. The molecule has 0 heterocycles. The van der Waals surface area contributed by atoms with Gasteiger partial charge in [-0.15, -0.1) is 0 Å². The third-order valence-electron chi connectivity index (χ3n) is 15.9. The van der Waals surface area contributed by atoms with E-state index in [0.29, 0.717) is 25.7 Å². The molecule has 96 heavy (non-hydrogen) atoms. The van der Waals surface area contributed by atoms with Gasteiger partial charge in [-0.3, -0.25) is 37.3 Å². The molecule has 0 aromatic rings. The summed E-state index contributed by atoms with van der Waals surface area (Å²) in [4.78, 5) is 72.7. The van der Waals surface area contributed by atoms with Gasteiger partial charge in [-0.25, -0.2) is 9.13 Å². The van der Waals surface area contributed by atoms with Crippen molar-refractivity contribution in [2.75, 3.05) is 39.6 Å². The lowest BCUT2D eigenvalue weighted by Gasteiger charge is -2.21. The van der Waals surface area contributed by atoms with Crippen LogP contribution < -0.4 is 0 Å². The number of ether oxygens (including phenoxy) is 4. The van der Waals surface area contributed by atoms with E-state index in [1.165, 1.54) is 116 Å². The van der Waals surface area contributed by atoms with E-state index in [1.54, 1.807) is 6.08 Å². The minimum atomic E-state index is -4.99. The first-order valence-electron chi connectivity index (χ1n) is 37.8. The number of carbonyl (C=O) groups is 4. The number of allylic oxidation sites excluding steroid dienone is 13. The third kappa shape index (κ3) is 68.8. The van der Waals surface area contributed by atoms with Gasteiger partial charge in [-0.2, -0.15) is 0 Å². The predicted molar refractivity (Wildman–Crippen MR) is 390 cm³/mol. The van der Waals surface area contributed by atoms with Crippen molar-refractivity contribution in [3.63, 3.8) is 0 Å². The number of esters is 4. The second-order valence-corrected chi connectivity index (χ2v) is 28.1. The molecule has 3 N–H and O–H groups in total. The lowest BCUT2D eigenvalue weighted by Crippen LogP contribution is -2.30. The fourth-order valence-corrected chi connectivity index (χ4v) is 11.7. The van der Waals surface area contributed by atoms with E-state index < -0.39 is 97.5 Å². The second-order valence-electron chi connectivity index (χ2n) is 25.2. The molecular formula is C77H136O17P2. The van der Waals surface area contributed by atoms with Gasteiger partial charge in [0, 0.05) is 19.3 Å². The molecule has 0 fully saturated rings. The van der Waals surface area contributed by atoms with Crippen LogP contribution in [0.5, 0.6) is 0 Å². The number of carbonyl (C=O) groups excluding carboxylic acids is 4.